The van der Waals surface area contributed by atoms with Gasteiger partial charge in [0, 0.05) is 36.2 Å². The number of nitrogens with one attached hydrogen (secondary N) is 1. The number of hydrogen-bond acceptors (Lipinski definition) is 4. The highest BCUT2D eigenvalue weighted by Gasteiger charge is 2.16. The van der Waals surface area contributed by atoms with E-state index in [0.29, 0.717) is 0 Å². The third-order valence-electron chi connectivity index (χ3n) is 3.05. The molecule has 0 aliphatic carbocycles. The van der Waals surface area contributed by atoms with Gasteiger partial charge >= 0.3 is 0 Å². The van der Waals surface area contributed by atoms with Crippen LogP contribution in [0.4, 0.5) is 5.82 Å². The van der Waals surface area contributed by atoms with Crippen molar-refractivity contribution in [2.24, 2.45) is 4.99 Å². The minimum absolute atomic E-state index is 0.240. The van der Waals surface area contributed by atoms with Gasteiger partial charge in [-0.3, -0.25) is 4.99 Å². The predicted molar refractivity (Wildman–Crippen MR) is 81.0 cm³/mol. The standard InChI is InChI=1S/C15H17N5/c1-11-4-5-12(10-15(2,3)19-11)18-13-14-17-7-9-20(14)8-6-16-13/h4-10H,1-3H3,(H,16,18). The van der Waals surface area contributed by atoms with Crippen molar-refractivity contribution >= 4 is 17.2 Å². The second kappa shape index (κ2) is 4.59. The van der Waals surface area contributed by atoms with Crippen LogP contribution in [0.3, 0.4) is 0 Å². The molecule has 0 bridgehead atoms. The van der Waals surface area contributed by atoms with E-state index in [1.807, 2.05) is 35.9 Å². The maximum atomic E-state index is 4.62. The van der Waals surface area contributed by atoms with Crippen LogP contribution in [0, 0.1) is 0 Å². The van der Waals surface area contributed by atoms with Gasteiger partial charge in [0.1, 0.15) is 0 Å². The van der Waals surface area contributed by atoms with Crippen molar-refractivity contribution in [2.75, 3.05) is 5.32 Å². The number of aliphatic imine (C=N–C) groups is 1. The van der Waals surface area contributed by atoms with E-state index >= 15 is 0 Å². The van der Waals surface area contributed by atoms with Crippen molar-refractivity contribution in [2.45, 2.75) is 26.3 Å². The van der Waals surface area contributed by atoms with Crippen LogP contribution in [0.5, 0.6) is 0 Å². The van der Waals surface area contributed by atoms with Crippen LogP contribution >= 0.6 is 0 Å². The van der Waals surface area contributed by atoms with E-state index in [4.69, 9.17) is 0 Å². The molecule has 0 saturated heterocycles. The molecule has 0 radical (unpaired) electrons. The van der Waals surface area contributed by atoms with Gasteiger partial charge in [0.25, 0.3) is 0 Å². The first-order chi connectivity index (χ1) is 9.53. The maximum Gasteiger partial charge on any atom is 0.180 e. The molecule has 1 aliphatic heterocycles. The van der Waals surface area contributed by atoms with Crippen molar-refractivity contribution < 1.29 is 0 Å². The summed E-state index contributed by atoms with van der Waals surface area (Å²) in [5.74, 6) is 0.740. The third-order valence-corrected chi connectivity index (χ3v) is 3.05. The van der Waals surface area contributed by atoms with Gasteiger partial charge in [0.05, 0.1) is 5.54 Å². The molecule has 0 amide bonds. The van der Waals surface area contributed by atoms with E-state index in [1.165, 1.54) is 0 Å². The summed E-state index contributed by atoms with van der Waals surface area (Å²) >= 11 is 0. The molecule has 0 saturated carbocycles. The lowest BCUT2D eigenvalue weighted by atomic mass is 10.1. The summed E-state index contributed by atoms with van der Waals surface area (Å²) in [7, 11) is 0. The maximum absolute atomic E-state index is 4.62. The Morgan fingerprint density at radius 3 is 2.65 bits per heavy atom. The largest absolute Gasteiger partial charge is 0.337 e. The molecule has 102 valence electrons. The minimum Gasteiger partial charge on any atom is -0.337 e. The Morgan fingerprint density at radius 2 is 1.85 bits per heavy atom. The fraction of sp³-hybridized carbons (Fsp3) is 0.267. The van der Waals surface area contributed by atoms with Crippen LogP contribution in [-0.2, 0) is 0 Å². The van der Waals surface area contributed by atoms with Crippen LogP contribution in [0.25, 0.3) is 5.65 Å². The van der Waals surface area contributed by atoms with Gasteiger partial charge in [-0.2, -0.15) is 0 Å². The van der Waals surface area contributed by atoms with Crippen molar-refractivity contribution in [3.05, 3.63) is 48.7 Å². The van der Waals surface area contributed by atoms with E-state index in [1.54, 1.807) is 12.4 Å². The molecule has 20 heavy (non-hydrogen) atoms. The molecule has 5 heteroatoms. The van der Waals surface area contributed by atoms with E-state index in [-0.39, 0.29) is 5.54 Å². The number of nitrogens with zero attached hydrogens (tertiary/aromatic N) is 4. The van der Waals surface area contributed by atoms with Crippen LogP contribution in [0.15, 0.2) is 53.7 Å². The summed E-state index contributed by atoms with van der Waals surface area (Å²) in [6, 6.07) is 0. The summed E-state index contributed by atoms with van der Waals surface area (Å²) in [4.78, 5) is 13.3. The molecular formula is C15H17N5. The number of hydrogen-bond donors (Lipinski definition) is 1. The molecule has 0 fully saturated rings. The number of anilines is 1. The van der Waals surface area contributed by atoms with Gasteiger partial charge in [-0.05, 0) is 39.0 Å². The number of allylic oxidation sites excluding steroid dienone is 2. The average Bonchev–Trinajstić information content (AvgIpc) is 2.79. The van der Waals surface area contributed by atoms with Gasteiger partial charge in [0.2, 0.25) is 0 Å². The molecule has 2 aromatic heterocycles. The topological polar surface area (TPSA) is 54.6 Å². The monoisotopic (exact) mass is 267 g/mol. The van der Waals surface area contributed by atoms with Crippen LogP contribution < -0.4 is 5.32 Å². The number of aromatic nitrogens is 3. The summed E-state index contributed by atoms with van der Waals surface area (Å²) in [6.45, 7) is 6.16. The highest BCUT2D eigenvalue weighted by atomic mass is 15.1. The Bertz CT molecular complexity index is 734. The Hall–Kier alpha value is -2.43. The molecule has 3 heterocycles. The number of imidazole rings is 1. The summed E-state index contributed by atoms with van der Waals surface area (Å²) in [5.41, 5.74) is 2.55. The molecule has 1 N–H and O–H groups in total. The SMILES string of the molecule is CC1=NC(C)(C)C=C(Nc2nccn3ccnc23)C=C1. The van der Waals surface area contributed by atoms with Crippen LogP contribution in [0.2, 0.25) is 0 Å². The van der Waals surface area contributed by atoms with Gasteiger partial charge in [-0.25, -0.2) is 9.97 Å². The van der Waals surface area contributed by atoms with Gasteiger partial charge in [0.15, 0.2) is 11.5 Å². The lowest BCUT2D eigenvalue weighted by molar-refractivity contribution is 0.656. The molecule has 0 unspecified atom stereocenters. The normalized spacial score (nSPS) is 17.6. The van der Waals surface area contributed by atoms with Crippen LogP contribution in [0.1, 0.15) is 20.8 Å². The third kappa shape index (κ3) is 2.47. The Kier molecular flexibility index (Phi) is 2.89. The Labute approximate surface area is 117 Å². The Morgan fingerprint density at radius 1 is 1.10 bits per heavy atom. The predicted octanol–water partition coefficient (Wildman–Crippen LogP) is 2.83. The lowest BCUT2D eigenvalue weighted by Crippen LogP contribution is -2.15. The molecule has 0 aromatic carbocycles. The van der Waals surface area contributed by atoms with Gasteiger partial charge < -0.3 is 9.72 Å². The zero-order valence-electron chi connectivity index (χ0n) is 11.8. The van der Waals surface area contributed by atoms with E-state index in [9.17, 15) is 0 Å². The average molecular weight is 267 g/mol. The highest BCUT2D eigenvalue weighted by Crippen LogP contribution is 2.20. The molecule has 3 rings (SSSR count). The fourth-order valence-corrected chi connectivity index (χ4v) is 2.32. The van der Waals surface area contributed by atoms with E-state index in [0.717, 1.165) is 22.9 Å². The summed E-state index contributed by atoms with van der Waals surface area (Å²) < 4.78 is 1.93. The zero-order valence-corrected chi connectivity index (χ0v) is 11.8. The summed E-state index contributed by atoms with van der Waals surface area (Å²) in [5, 5.41) is 3.33. The van der Waals surface area contributed by atoms with Gasteiger partial charge in [-0.15, -0.1) is 0 Å². The van der Waals surface area contributed by atoms with Crippen molar-refractivity contribution in [1.29, 1.82) is 0 Å². The quantitative estimate of drug-likeness (QED) is 0.910. The van der Waals surface area contributed by atoms with Crippen LogP contribution in [-0.4, -0.2) is 25.6 Å². The Balaban J connectivity index is 1.97. The van der Waals surface area contributed by atoms with E-state index < -0.39 is 0 Å². The zero-order chi connectivity index (χ0) is 14.2. The number of fused-ring (bicyclic) bond motifs is 1. The molecular weight excluding hydrogens is 250 g/mol. The minimum atomic E-state index is -0.240. The van der Waals surface area contributed by atoms with E-state index in [2.05, 4.69) is 40.2 Å². The smallest absolute Gasteiger partial charge is 0.180 e. The first kappa shape index (κ1) is 12.6. The first-order valence-electron chi connectivity index (χ1n) is 6.56. The van der Waals surface area contributed by atoms with Gasteiger partial charge in [-0.1, -0.05) is 0 Å². The molecule has 0 spiro atoms. The molecule has 0 atom stereocenters. The fourth-order valence-electron chi connectivity index (χ4n) is 2.32. The van der Waals surface area contributed by atoms with Crippen molar-refractivity contribution in [1.82, 2.24) is 14.4 Å². The first-order valence-corrected chi connectivity index (χ1v) is 6.56. The van der Waals surface area contributed by atoms with Crippen molar-refractivity contribution in [3.8, 4) is 0 Å². The molecule has 1 aliphatic rings. The summed E-state index contributed by atoms with van der Waals surface area (Å²) in [6.07, 6.45) is 13.4. The molecule has 5 nitrogen and oxygen atoms in total. The lowest BCUT2D eigenvalue weighted by Gasteiger charge is -2.16. The second-order valence-electron chi connectivity index (χ2n) is 5.40. The number of rotatable bonds is 2. The molecule has 2 aromatic rings. The second-order valence-corrected chi connectivity index (χ2v) is 5.40. The van der Waals surface area contributed by atoms with Crippen molar-refractivity contribution in [3.63, 3.8) is 0 Å². The highest BCUT2D eigenvalue weighted by molar-refractivity contribution is 5.94.